The quantitative estimate of drug-likeness (QED) is 0.382. The van der Waals surface area contributed by atoms with Gasteiger partial charge < -0.3 is 10.2 Å². The number of anilines is 1. The van der Waals surface area contributed by atoms with E-state index in [1.165, 1.54) is 4.40 Å². The summed E-state index contributed by atoms with van der Waals surface area (Å²) >= 11 is 0.698. The minimum absolute atomic E-state index is 0.00460. The van der Waals surface area contributed by atoms with Crippen LogP contribution in [0.1, 0.15) is 69.0 Å². The Kier molecular flexibility index (Phi) is 6.63. The molecule has 2 saturated carbocycles. The number of nitrogens with one attached hydrogen (secondary N) is 2. The van der Waals surface area contributed by atoms with E-state index in [4.69, 9.17) is 4.98 Å². The molecule has 0 radical (unpaired) electrons. The summed E-state index contributed by atoms with van der Waals surface area (Å²) < 4.78 is 87.8. The number of aromatic nitrogens is 4. The van der Waals surface area contributed by atoms with Crippen molar-refractivity contribution < 1.29 is 26.0 Å². The second-order valence-electron chi connectivity index (χ2n) is 11.0. The van der Waals surface area contributed by atoms with Gasteiger partial charge in [0.05, 0.1) is 11.2 Å². The van der Waals surface area contributed by atoms with E-state index in [9.17, 15) is 21.6 Å². The van der Waals surface area contributed by atoms with Crippen LogP contribution in [0.25, 0.3) is 16.3 Å². The van der Waals surface area contributed by atoms with Crippen molar-refractivity contribution in [3.05, 3.63) is 22.7 Å². The Bertz CT molecular complexity index is 1510. The summed E-state index contributed by atoms with van der Waals surface area (Å²) in [4.78, 5) is 5.93. The van der Waals surface area contributed by atoms with Crippen molar-refractivity contribution >= 4 is 32.7 Å². The van der Waals surface area contributed by atoms with Gasteiger partial charge >= 0.3 is 0 Å². The molecule has 0 unspecified atom stereocenters. The van der Waals surface area contributed by atoms with Gasteiger partial charge in [-0.15, -0.1) is 10.2 Å². The van der Waals surface area contributed by atoms with Crippen LogP contribution in [0, 0.1) is 5.82 Å². The van der Waals surface area contributed by atoms with Crippen molar-refractivity contribution in [2.24, 2.45) is 0 Å². The number of pyridine rings is 1. The summed E-state index contributed by atoms with van der Waals surface area (Å²) in [7, 11) is -4.50. The van der Waals surface area contributed by atoms with Crippen molar-refractivity contribution in [1.29, 1.82) is 0 Å². The maximum absolute atomic E-state index is 16.4. The number of halogens is 4. The van der Waals surface area contributed by atoms with Crippen LogP contribution in [-0.4, -0.2) is 65.4 Å². The normalized spacial score (nSPS) is 23.5. The van der Waals surface area contributed by atoms with Crippen LogP contribution in [0.15, 0.2) is 11.1 Å². The van der Waals surface area contributed by atoms with Crippen LogP contribution in [0.2, 0.25) is 0 Å². The fourth-order valence-corrected chi connectivity index (χ4v) is 7.73. The lowest BCUT2D eigenvalue weighted by Crippen LogP contribution is -2.54. The average Bonchev–Trinajstić information content (AvgIpc) is 3.24. The van der Waals surface area contributed by atoms with Gasteiger partial charge in [0.25, 0.3) is 6.43 Å². The second-order valence-corrected chi connectivity index (χ2v) is 13.6. The highest BCUT2D eigenvalue weighted by molar-refractivity contribution is 7.89. The second kappa shape index (κ2) is 9.63. The lowest BCUT2D eigenvalue weighted by atomic mass is 9.82. The molecule has 0 amide bonds. The zero-order chi connectivity index (χ0) is 27.7. The Labute approximate surface area is 227 Å². The molecule has 1 saturated heterocycles. The molecule has 1 aliphatic heterocycles. The largest absolute Gasteiger partial charge is 0.363 e. The van der Waals surface area contributed by atoms with E-state index in [2.05, 4.69) is 20.2 Å². The van der Waals surface area contributed by atoms with Crippen molar-refractivity contribution in [1.82, 2.24) is 29.6 Å². The van der Waals surface area contributed by atoms with Crippen LogP contribution in [-0.2, 0) is 10.0 Å². The SMILES string of the molecule is C[C@H]1CN(c2c(F)c(S(=O)(=O)NC3(CF)CC3)cn3c(-c4nnc(C(F)F)s4)c(C4CCC4)nc23)C[C@H](C)N1. The topological polar surface area (TPSA) is 105 Å². The number of nitrogens with zero attached hydrogens (tertiary/aromatic N) is 5. The lowest BCUT2D eigenvalue weighted by Gasteiger charge is -2.38. The molecule has 3 fully saturated rings. The molecule has 6 rings (SSSR count). The van der Waals surface area contributed by atoms with Crippen LogP contribution >= 0.6 is 11.3 Å². The first-order valence-electron chi connectivity index (χ1n) is 13.0. The third-order valence-corrected chi connectivity index (χ3v) is 10.3. The fraction of sp³-hybridized carbons (Fsp3) is 0.625. The average molecular weight is 588 g/mol. The highest BCUT2D eigenvalue weighted by Gasteiger charge is 2.47. The molecule has 0 spiro atoms. The molecule has 9 nitrogen and oxygen atoms in total. The first kappa shape index (κ1) is 26.8. The van der Waals surface area contributed by atoms with Crippen molar-refractivity contribution in [3.8, 4) is 10.7 Å². The fourth-order valence-electron chi connectivity index (χ4n) is 5.46. The van der Waals surface area contributed by atoms with Gasteiger partial charge in [0, 0.05) is 37.3 Å². The molecular weight excluding hydrogens is 558 g/mol. The number of fused-ring (bicyclic) bond motifs is 1. The minimum atomic E-state index is -4.50. The maximum Gasteiger partial charge on any atom is 0.291 e. The summed E-state index contributed by atoms with van der Waals surface area (Å²) in [6.07, 6.45) is 1.50. The number of rotatable bonds is 8. The molecule has 212 valence electrons. The molecule has 2 N–H and O–H groups in total. The molecule has 3 aliphatic rings. The van der Waals surface area contributed by atoms with Gasteiger partial charge in [-0.05, 0) is 39.5 Å². The zero-order valence-corrected chi connectivity index (χ0v) is 23.1. The standard InChI is InChI=1S/C24H29F4N7O2S2/c1-12-8-34(9-13(2)29-12)18-16(26)15(39(36,37)33-24(11-25)6-7-24)10-35-19(22-31-32-23(38-22)20(27)28)17(30-21(18)35)14-4-3-5-14/h10,12-14,20,29,33H,3-9,11H2,1-2H3/t12-,13-/m0/s1. The van der Waals surface area contributed by atoms with E-state index in [-0.39, 0.29) is 34.3 Å². The van der Waals surface area contributed by atoms with Crippen LogP contribution < -0.4 is 14.9 Å². The number of sulfonamides is 1. The minimum Gasteiger partial charge on any atom is -0.363 e. The van der Waals surface area contributed by atoms with E-state index in [1.807, 2.05) is 13.8 Å². The number of hydrogen-bond acceptors (Lipinski definition) is 8. The molecule has 0 aromatic carbocycles. The van der Waals surface area contributed by atoms with E-state index in [1.54, 1.807) is 4.90 Å². The van der Waals surface area contributed by atoms with Gasteiger partial charge in [0.15, 0.2) is 21.5 Å². The molecule has 15 heteroatoms. The lowest BCUT2D eigenvalue weighted by molar-refractivity contribution is 0.150. The summed E-state index contributed by atoms with van der Waals surface area (Å²) in [5, 5.41) is 10.7. The van der Waals surface area contributed by atoms with Crippen molar-refractivity contribution in [3.63, 3.8) is 0 Å². The molecule has 39 heavy (non-hydrogen) atoms. The third kappa shape index (κ3) is 4.70. The van der Waals surface area contributed by atoms with Crippen LogP contribution in [0.3, 0.4) is 0 Å². The number of alkyl halides is 3. The highest BCUT2D eigenvalue weighted by atomic mass is 32.2. The molecule has 3 aromatic heterocycles. The predicted molar refractivity (Wildman–Crippen MR) is 138 cm³/mol. The molecule has 0 bridgehead atoms. The Morgan fingerprint density at radius 1 is 1.21 bits per heavy atom. The van der Waals surface area contributed by atoms with Gasteiger partial charge in [-0.3, -0.25) is 4.40 Å². The third-order valence-electron chi connectivity index (χ3n) is 7.77. The van der Waals surface area contributed by atoms with E-state index >= 15 is 4.39 Å². The summed E-state index contributed by atoms with van der Waals surface area (Å²) in [5.74, 6) is -0.983. The summed E-state index contributed by atoms with van der Waals surface area (Å²) in [6.45, 7) is 3.76. The first-order valence-corrected chi connectivity index (χ1v) is 15.3. The monoisotopic (exact) mass is 587 g/mol. The molecule has 2 atom stereocenters. The Hall–Kier alpha value is -2.36. The van der Waals surface area contributed by atoms with Gasteiger partial charge in [0.2, 0.25) is 10.0 Å². The van der Waals surface area contributed by atoms with E-state index in [0.29, 0.717) is 48.7 Å². The van der Waals surface area contributed by atoms with Gasteiger partial charge in [-0.2, -0.15) is 0 Å². The van der Waals surface area contributed by atoms with Crippen LogP contribution in [0.4, 0.5) is 23.2 Å². The summed E-state index contributed by atoms with van der Waals surface area (Å²) in [6, 6.07) is -0.0460. The Morgan fingerprint density at radius 2 is 1.90 bits per heavy atom. The maximum atomic E-state index is 16.4. The van der Waals surface area contributed by atoms with Gasteiger partial charge in [0.1, 0.15) is 23.0 Å². The molecule has 3 aromatic rings. The van der Waals surface area contributed by atoms with E-state index in [0.717, 1.165) is 25.5 Å². The van der Waals surface area contributed by atoms with E-state index < -0.39 is 44.4 Å². The molecular formula is C24H29F4N7O2S2. The highest BCUT2D eigenvalue weighted by Crippen LogP contribution is 2.45. The smallest absolute Gasteiger partial charge is 0.291 e. The Morgan fingerprint density at radius 3 is 2.44 bits per heavy atom. The number of piperazine rings is 1. The van der Waals surface area contributed by atoms with Gasteiger partial charge in [-0.25, -0.2) is 35.7 Å². The van der Waals surface area contributed by atoms with Crippen LogP contribution in [0.5, 0.6) is 0 Å². The first-order chi connectivity index (χ1) is 18.5. The Balaban J connectivity index is 1.61. The number of imidazole rings is 1. The van der Waals surface area contributed by atoms with Crippen molar-refractivity contribution in [2.45, 2.75) is 80.8 Å². The van der Waals surface area contributed by atoms with Gasteiger partial charge in [-0.1, -0.05) is 17.8 Å². The molecule has 2 aliphatic carbocycles. The summed E-state index contributed by atoms with van der Waals surface area (Å²) in [5.41, 5.74) is -0.156. The zero-order valence-electron chi connectivity index (χ0n) is 21.4. The predicted octanol–water partition coefficient (Wildman–Crippen LogP) is 4.16. The molecule has 4 heterocycles. The number of hydrogen-bond donors (Lipinski definition) is 2. The van der Waals surface area contributed by atoms with Crippen molar-refractivity contribution in [2.75, 3.05) is 24.7 Å².